The lowest BCUT2D eigenvalue weighted by molar-refractivity contribution is -0.351. The van der Waals surface area contributed by atoms with E-state index in [1.165, 1.54) is 26.0 Å². The maximum Gasteiger partial charge on any atom is 0.308 e. The second kappa shape index (κ2) is 29.0. The van der Waals surface area contributed by atoms with E-state index in [0.29, 0.717) is 43.3 Å². The molecule has 7 N–H and O–H groups in total. The fraction of sp³-hybridized carbons (Fsp3) is 0.778. The molecule has 0 aromatic rings. The maximum atomic E-state index is 14.5. The van der Waals surface area contributed by atoms with E-state index in [1.807, 2.05) is 12.2 Å². The average molecular weight is 1220 g/mol. The summed E-state index contributed by atoms with van der Waals surface area (Å²) in [5.41, 5.74) is -0.508. The van der Waals surface area contributed by atoms with Crippen molar-refractivity contribution < 1.29 is 102 Å². The van der Waals surface area contributed by atoms with Crippen LogP contribution in [0.4, 0.5) is 0 Å². The van der Waals surface area contributed by atoms with Gasteiger partial charge in [-0.2, -0.15) is 0 Å². The normalized spacial score (nSPS) is 44.5. The molecule has 24 atom stereocenters. The summed E-state index contributed by atoms with van der Waals surface area (Å²) >= 11 is 5.89. The molecule has 0 aromatic carbocycles. The van der Waals surface area contributed by atoms with Crippen molar-refractivity contribution in [1.82, 2.24) is 0 Å². The first-order valence-corrected chi connectivity index (χ1v) is 30.7. The zero-order valence-corrected chi connectivity index (χ0v) is 51.5. The van der Waals surface area contributed by atoms with Crippen molar-refractivity contribution in [3.63, 3.8) is 0 Å². The highest BCUT2D eigenvalue weighted by Gasteiger charge is 2.58. The zero-order valence-electron chi connectivity index (χ0n) is 50.7. The highest BCUT2D eigenvalue weighted by molar-refractivity contribution is 6.30. The highest BCUT2D eigenvalue weighted by Crippen LogP contribution is 2.48. The Hall–Kier alpha value is -3.49. The molecule has 85 heavy (non-hydrogen) atoms. The van der Waals surface area contributed by atoms with Gasteiger partial charge in [0.05, 0.1) is 85.1 Å². The first-order valence-electron chi connectivity index (χ1n) is 30.3. The molecular weight excluding hydrogens is 1130 g/mol. The fourth-order valence-electron chi connectivity index (χ4n) is 14.1. The number of methoxy groups -OCH3 is 1. The Morgan fingerprint density at radius 3 is 2.15 bits per heavy atom. The molecule has 6 saturated heterocycles. The molecule has 21 nitrogen and oxygen atoms in total. The second-order valence-corrected chi connectivity index (χ2v) is 26.4. The van der Waals surface area contributed by atoms with E-state index in [0.717, 1.165) is 0 Å². The number of aliphatic hydroxyl groups is 7. The average Bonchev–Trinajstić information content (AvgIpc) is 1.35. The molecular formula is C63H95ClO21. The lowest BCUT2D eigenvalue weighted by Crippen LogP contribution is -2.65. The standard InChI is InChI=1S/C63H95ClO21/c1-33(19-42(67)18-17-35(3)64)20-53-55(72)57-39(7)58(79-53)59(73)63(75)31-51(70)37(5)52(85-63)16-14-12-13-15-44-22-43(68)27-61(81-44)29-47(76-11)23-45(82-61)25-50(69)38(6)56(78-41(9)66)36(4)34(2)21-49-28-60(10,74)32-62(84-49)30-48(77-40(8)65)24-46(83-62)26-54(71)80-57/h13,15,17-18,36-39,42-49,51-53,55-59,67-68,70,72-75H,1-3,12,14,16,19-32H2,4-11H3/b15-13-,18-17+/t36-,37+,38-,39+,42+,43-,44-,45+,46+,47+,48-,49+,51-,52-,53-,55-,56-,57-,58+,59+,60-,61-,62+,63-/m1/s1. The molecule has 7 aliphatic heterocycles. The third-order valence-electron chi connectivity index (χ3n) is 18.3. The Kier molecular flexibility index (Phi) is 23.5. The third-order valence-corrected chi connectivity index (χ3v) is 18.4. The van der Waals surface area contributed by atoms with Gasteiger partial charge in [-0.25, -0.2) is 0 Å². The summed E-state index contributed by atoms with van der Waals surface area (Å²) < 4.78 is 63.4. The molecule has 6 fully saturated rings. The minimum absolute atomic E-state index is 0.00321. The van der Waals surface area contributed by atoms with Crippen LogP contribution < -0.4 is 0 Å². The maximum absolute atomic E-state index is 14.5. The van der Waals surface area contributed by atoms with Crippen LogP contribution >= 0.6 is 11.6 Å². The molecule has 10 bridgehead atoms. The second-order valence-electron chi connectivity index (χ2n) is 25.9. The van der Waals surface area contributed by atoms with E-state index >= 15 is 0 Å². The summed E-state index contributed by atoms with van der Waals surface area (Å²) in [5, 5.41) is 82.6. The molecule has 0 unspecified atom stereocenters. The minimum atomic E-state index is -2.40. The summed E-state index contributed by atoms with van der Waals surface area (Å²) in [6.07, 6.45) is -8.69. The molecule has 0 aromatic heterocycles. The first kappa shape index (κ1) is 69.0. The molecule has 0 amide bonds. The molecule has 7 aliphatic rings. The van der Waals surface area contributed by atoms with Crippen molar-refractivity contribution in [2.75, 3.05) is 7.11 Å². The van der Waals surface area contributed by atoms with Crippen LogP contribution in [0.3, 0.4) is 0 Å². The van der Waals surface area contributed by atoms with Gasteiger partial charge in [0.25, 0.3) is 0 Å². The summed E-state index contributed by atoms with van der Waals surface area (Å²) in [7, 11) is 1.57. The van der Waals surface area contributed by atoms with Gasteiger partial charge in [0.2, 0.25) is 0 Å². The van der Waals surface area contributed by atoms with Crippen LogP contribution in [0.2, 0.25) is 0 Å². The van der Waals surface area contributed by atoms with E-state index < -0.39 is 169 Å². The van der Waals surface area contributed by atoms with E-state index in [4.69, 9.17) is 59.0 Å². The summed E-state index contributed by atoms with van der Waals surface area (Å²) in [6.45, 7) is 23.1. The van der Waals surface area contributed by atoms with Crippen molar-refractivity contribution in [3.05, 3.63) is 60.2 Å². The van der Waals surface area contributed by atoms with E-state index in [1.54, 1.807) is 41.7 Å². The largest absolute Gasteiger partial charge is 0.462 e. The Balaban J connectivity index is 1.22. The number of esters is 3. The minimum Gasteiger partial charge on any atom is -0.462 e. The van der Waals surface area contributed by atoms with E-state index in [-0.39, 0.29) is 81.1 Å². The number of hydrogen-bond donors (Lipinski definition) is 7. The number of halogens is 1. The fourth-order valence-corrected chi connectivity index (χ4v) is 14.2. The van der Waals surface area contributed by atoms with Crippen molar-refractivity contribution >= 4 is 35.3 Å². The van der Waals surface area contributed by atoms with Crippen LogP contribution in [0, 0.1) is 23.7 Å². The molecule has 7 rings (SSSR count). The summed E-state index contributed by atoms with van der Waals surface area (Å²) in [4.78, 5) is 54.3. The number of hydrogen-bond acceptors (Lipinski definition) is 21. The smallest absolute Gasteiger partial charge is 0.308 e. The predicted molar refractivity (Wildman–Crippen MR) is 308 cm³/mol. The number of carbonyl (C=O) groups is 4. The number of rotatable bonds is 9. The van der Waals surface area contributed by atoms with Crippen LogP contribution in [0.25, 0.3) is 0 Å². The number of fused-ring (bicyclic) bond motifs is 8. The van der Waals surface area contributed by atoms with Crippen LogP contribution in [-0.2, 0) is 66.5 Å². The van der Waals surface area contributed by atoms with Gasteiger partial charge in [-0.3, -0.25) is 19.2 Å². The predicted octanol–water partition coefficient (Wildman–Crippen LogP) is 5.91. The Labute approximate surface area is 505 Å². The first-order chi connectivity index (χ1) is 39.8. The highest BCUT2D eigenvalue weighted by atomic mass is 35.5. The topological polar surface area (TPSA) is 302 Å². The van der Waals surface area contributed by atoms with Gasteiger partial charge in [-0.05, 0) is 51.5 Å². The van der Waals surface area contributed by atoms with E-state index in [9.17, 15) is 54.9 Å². The summed E-state index contributed by atoms with van der Waals surface area (Å²) in [6, 6.07) is 0. The number of ketones is 1. The number of allylic oxidation sites excluding steroid dienone is 3. The van der Waals surface area contributed by atoms with Gasteiger partial charge in [0.15, 0.2) is 17.4 Å². The van der Waals surface area contributed by atoms with Crippen LogP contribution in [0.5, 0.6) is 0 Å². The molecule has 480 valence electrons. The van der Waals surface area contributed by atoms with Gasteiger partial charge >= 0.3 is 17.9 Å². The van der Waals surface area contributed by atoms with Crippen LogP contribution in [-0.4, -0.2) is 187 Å². The molecule has 0 saturated carbocycles. The van der Waals surface area contributed by atoms with Gasteiger partial charge in [-0.1, -0.05) is 88.4 Å². The molecule has 0 radical (unpaired) electrons. The van der Waals surface area contributed by atoms with Crippen LogP contribution in [0.15, 0.2) is 60.2 Å². The Morgan fingerprint density at radius 1 is 0.812 bits per heavy atom. The lowest BCUT2D eigenvalue weighted by Gasteiger charge is -2.52. The van der Waals surface area contributed by atoms with E-state index in [2.05, 4.69) is 19.7 Å². The quantitative estimate of drug-likeness (QED) is 0.0611. The Bertz CT molecular complexity index is 2430. The molecule has 0 aliphatic carbocycles. The van der Waals surface area contributed by atoms with Gasteiger partial charge in [-0.15, -0.1) is 0 Å². The number of ether oxygens (including phenoxy) is 10. The van der Waals surface area contributed by atoms with Crippen molar-refractivity contribution in [1.29, 1.82) is 0 Å². The van der Waals surface area contributed by atoms with Crippen LogP contribution in [0.1, 0.15) is 158 Å². The lowest BCUT2D eigenvalue weighted by atomic mass is 9.78. The summed E-state index contributed by atoms with van der Waals surface area (Å²) in [5.74, 6) is -10.7. The van der Waals surface area contributed by atoms with Crippen molar-refractivity contribution in [2.24, 2.45) is 23.7 Å². The van der Waals surface area contributed by atoms with Crippen molar-refractivity contribution in [2.45, 2.75) is 278 Å². The number of aliphatic hydroxyl groups excluding tert-OH is 5. The number of carbonyl (C=O) groups excluding carboxylic acids is 4. The van der Waals surface area contributed by atoms with Gasteiger partial charge in [0, 0.05) is 108 Å². The zero-order chi connectivity index (χ0) is 62.5. The SMILES string of the molecule is C=C(Cl)/C=C/[C@H](O)CC(=C)C[C@H]1O[C@H]2[C@@H](C)[C@@H](OC(=O)C[C@@H]3C[C@@H](OC(C)=O)C[C@]4(C[C@](C)(O)C[C@H](CC(=C)[C@@H](C)[C@@H](OC(C)=O)[C@H](C)C(=O)C[C@@H]5C[C@H](OC)C[C@@]6(C[C@H](O)C[C@@H](/C=C\CCC[C@H]7O[C@](O)(C[C@@H](O)[C@@H]7C)[C@H]2O)O6)O5)O4)O3)[C@@H]1O. The van der Waals surface area contributed by atoms with Gasteiger partial charge < -0.3 is 83.1 Å². The van der Waals surface area contributed by atoms with Crippen molar-refractivity contribution in [3.8, 4) is 0 Å². The molecule has 7 heterocycles. The molecule has 22 heteroatoms. The monoisotopic (exact) mass is 1220 g/mol. The Morgan fingerprint density at radius 2 is 1.47 bits per heavy atom. The third kappa shape index (κ3) is 18.1. The van der Waals surface area contributed by atoms with Gasteiger partial charge in [0.1, 0.15) is 36.3 Å². The number of Topliss-reactive ketones (excluding diaryl/α,β-unsaturated/α-hetero) is 1. The molecule has 2 spiro atoms.